The number of benzene rings is 2. The van der Waals surface area contributed by atoms with Crippen molar-refractivity contribution in [3.63, 3.8) is 0 Å². The molecule has 2 amide bonds. The number of nitrogens with one attached hydrogen (secondary N) is 2. The largest absolute Gasteiger partial charge is 0.343 e. The molecule has 0 aliphatic rings. The van der Waals surface area contributed by atoms with Gasteiger partial charge in [0.25, 0.3) is 5.91 Å². The van der Waals surface area contributed by atoms with Crippen LogP contribution in [0.2, 0.25) is 5.15 Å². The van der Waals surface area contributed by atoms with Crippen LogP contribution < -0.4 is 10.6 Å². The van der Waals surface area contributed by atoms with Gasteiger partial charge in [-0.1, -0.05) is 47.5 Å². The van der Waals surface area contributed by atoms with Gasteiger partial charge in [0, 0.05) is 5.69 Å². The third-order valence-corrected chi connectivity index (χ3v) is 4.93. The zero-order valence-corrected chi connectivity index (χ0v) is 17.6. The second-order valence-electron chi connectivity index (χ2n) is 7.00. The van der Waals surface area contributed by atoms with E-state index in [0.29, 0.717) is 5.69 Å². The van der Waals surface area contributed by atoms with Gasteiger partial charge in [-0.15, -0.1) is 0 Å². The van der Waals surface area contributed by atoms with Crippen LogP contribution in [0.4, 0.5) is 5.69 Å². The van der Waals surface area contributed by atoms with Crippen molar-refractivity contribution >= 4 is 29.1 Å². The van der Waals surface area contributed by atoms with Crippen molar-refractivity contribution in [3.05, 3.63) is 75.6 Å². The quantitative estimate of drug-likeness (QED) is 0.664. The van der Waals surface area contributed by atoms with Gasteiger partial charge < -0.3 is 10.6 Å². The molecule has 0 radical (unpaired) electrons. The van der Waals surface area contributed by atoms with E-state index >= 15 is 0 Å². The molecule has 0 unspecified atom stereocenters. The Balaban J connectivity index is 1.70. The van der Waals surface area contributed by atoms with Gasteiger partial charge in [-0.2, -0.15) is 5.10 Å². The molecule has 0 aliphatic heterocycles. The summed E-state index contributed by atoms with van der Waals surface area (Å²) in [6, 6.07) is 13.3. The lowest BCUT2D eigenvalue weighted by molar-refractivity contribution is -0.115. The van der Waals surface area contributed by atoms with Crippen LogP contribution >= 0.6 is 11.6 Å². The summed E-state index contributed by atoms with van der Waals surface area (Å²) in [4.78, 5) is 25.0. The minimum atomic E-state index is -0.442. The molecule has 0 spiro atoms. The van der Waals surface area contributed by atoms with E-state index in [2.05, 4.69) is 15.7 Å². The molecule has 6 nitrogen and oxygen atoms in total. The first-order chi connectivity index (χ1) is 13.8. The van der Waals surface area contributed by atoms with E-state index in [0.717, 1.165) is 28.1 Å². The summed E-state index contributed by atoms with van der Waals surface area (Å²) in [5.41, 5.74) is 5.35. The number of aryl methyl sites for hydroxylation is 4. The van der Waals surface area contributed by atoms with Crippen molar-refractivity contribution in [2.24, 2.45) is 0 Å². The van der Waals surface area contributed by atoms with Crippen LogP contribution in [0.5, 0.6) is 0 Å². The first-order valence-corrected chi connectivity index (χ1v) is 9.62. The summed E-state index contributed by atoms with van der Waals surface area (Å²) in [7, 11) is 0. The number of anilines is 1. The van der Waals surface area contributed by atoms with E-state index in [1.54, 1.807) is 6.92 Å². The number of hydrogen-bond acceptors (Lipinski definition) is 3. The SMILES string of the molecule is Cc1cc(C)c(NC(=O)CNC(=O)c2c(C)nn(-c3ccccc3)c2Cl)c(C)c1. The van der Waals surface area contributed by atoms with E-state index in [1.807, 2.05) is 63.2 Å². The van der Waals surface area contributed by atoms with Gasteiger partial charge >= 0.3 is 0 Å². The summed E-state index contributed by atoms with van der Waals surface area (Å²) in [5, 5.41) is 10.0. The van der Waals surface area contributed by atoms with Gasteiger partial charge in [-0.3, -0.25) is 9.59 Å². The van der Waals surface area contributed by atoms with E-state index in [1.165, 1.54) is 4.68 Å². The minimum absolute atomic E-state index is 0.169. The smallest absolute Gasteiger partial charge is 0.256 e. The molecule has 1 aromatic heterocycles. The van der Waals surface area contributed by atoms with Gasteiger partial charge in [0.15, 0.2) is 0 Å². The predicted octanol–water partition coefficient (Wildman–Crippen LogP) is 4.13. The lowest BCUT2D eigenvalue weighted by atomic mass is 10.1. The third kappa shape index (κ3) is 4.49. The molecule has 29 heavy (non-hydrogen) atoms. The predicted molar refractivity (Wildman–Crippen MR) is 115 cm³/mol. The molecule has 0 saturated heterocycles. The fraction of sp³-hybridized carbons (Fsp3) is 0.227. The monoisotopic (exact) mass is 410 g/mol. The molecule has 150 valence electrons. The van der Waals surface area contributed by atoms with E-state index < -0.39 is 5.91 Å². The molecule has 0 aliphatic carbocycles. The molecule has 7 heteroatoms. The highest BCUT2D eigenvalue weighted by atomic mass is 35.5. The fourth-order valence-electron chi connectivity index (χ4n) is 3.31. The molecular weight excluding hydrogens is 388 g/mol. The number of halogens is 1. The highest BCUT2D eigenvalue weighted by Crippen LogP contribution is 2.24. The van der Waals surface area contributed by atoms with Gasteiger partial charge in [0.2, 0.25) is 5.91 Å². The number of aromatic nitrogens is 2. The molecule has 3 rings (SSSR count). The molecule has 0 saturated carbocycles. The maximum atomic E-state index is 12.6. The molecule has 2 N–H and O–H groups in total. The number of hydrogen-bond donors (Lipinski definition) is 2. The van der Waals surface area contributed by atoms with Crippen molar-refractivity contribution in [3.8, 4) is 5.69 Å². The van der Waals surface area contributed by atoms with Crippen molar-refractivity contribution in [2.45, 2.75) is 27.7 Å². The van der Waals surface area contributed by atoms with Crippen molar-refractivity contribution in [2.75, 3.05) is 11.9 Å². The van der Waals surface area contributed by atoms with Crippen molar-refractivity contribution < 1.29 is 9.59 Å². The first-order valence-electron chi connectivity index (χ1n) is 9.24. The Kier molecular flexibility index (Phi) is 6.03. The summed E-state index contributed by atoms with van der Waals surface area (Å²) < 4.78 is 1.50. The lowest BCUT2D eigenvalue weighted by Crippen LogP contribution is -2.33. The normalized spacial score (nSPS) is 10.7. The molecule has 2 aromatic carbocycles. The van der Waals surface area contributed by atoms with E-state index in [9.17, 15) is 9.59 Å². The molecule has 3 aromatic rings. The van der Waals surface area contributed by atoms with Crippen LogP contribution in [0.15, 0.2) is 42.5 Å². The van der Waals surface area contributed by atoms with Crippen LogP contribution in [0.1, 0.15) is 32.7 Å². The summed E-state index contributed by atoms with van der Waals surface area (Å²) in [6.07, 6.45) is 0. The molecule has 0 fully saturated rings. The van der Waals surface area contributed by atoms with E-state index in [4.69, 9.17) is 11.6 Å². The Bertz CT molecular complexity index is 1050. The second-order valence-corrected chi connectivity index (χ2v) is 7.36. The van der Waals surface area contributed by atoms with Crippen molar-refractivity contribution in [1.82, 2.24) is 15.1 Å². The number of amides is 2. The lowest BCUT2D eigenvalue weighted by Gasteiger charge is -2.13. The molecule has 0 bridgehead atoms. The second kappa shape index (κ2) is 8.49. The maximum absolute atomic E-state index is 12.6. The average molecular weight is 411 g/mol. The topological polar surface area (TPSA) is 76.0 Å². The molecule has 1 heterocycles. The number of para-hydroxylation sites is 1. The van der Waals surface area contributed by atoms with Crippen LogP contribution in [-0.4, -0.2) is 28.1 Å². The zero-order chi connectivity index (χ0) is 21.1. The number of nitrogens with zero attached hydrogens (tertiary/aromatic N) is 2. The van der Waals surface area contributed by atoms with Gasteiger partial charge in [0.1, 0.15) is 5.15 Å². The Labute approximate surface area is 174 Å². The van der Waals surface area contributed by atoms with Gasteiger partial charge in [0.05, 0.1) is 23.5 Å². The fourth-order valence-corrected chi connectivity index (χ4v) is 3.67. The summed E-state index contributed by atoms with van der Waals surface area (Å²) in [5.74, 6) is -0.750. The van der Waals surface area contributed by atoms with Gasteiger partial charge in [-0.25, -0.2) is 4.68 Å². The van der Waals surface area contributed by atoms with Gasteiger partial charge in [-0.05, 0) is 51.0 Å². The standard InChI is InChI=1S/C22H23ClN4O2/c1-13-10-14(2)20(15(3)11-13)25-18(28)12-24-22(29)19-16(4)26-27(21(19)23)17-8-6-5-7-9-17/h5-11H,12H2,1-4H3,(H,24,29)(H,25,28). The Morgan fingerprint density at radius 3 is 2.28 bits per heavy atom. The third-order valence-electron chi connectivity index (χ3n) is 4.58. The van der Waals surface area contributed by atoms with Crippen LogP contribution in [0.3, 0.4) is 0 Å². The summed E-state index contributed by atoms with van der Waals surface area (Å²) in [6.45, 7) is 7.43. The number of carbonyl (C=O) groups excluding carboxylic acids is 2. The number of rotatable bonds is 5. The van der Waals surface area contributed by atoms with Crippen LogP contribution in [0, 0.1) is 27.7 Å². The number of carbonyl (C=O) groups is 2. The maximum Gasteiger partial charge on any atom is 0.256 e. The van der Waals surface area contributed by atoms with Crippen molar-refractivity contribution in [1.29, 1.82) is 0 Å². The molecule has 0 atom stereocenters. The van der Waals surface area contributed by atoms with Crippen LogP contribution in [0.25, 0.3) is 5.69 Å². The average Bonchev–Trinajstić information content (AvgIpc) is 2.97. The minimum Gasteiger partial charge on any atom is -0.343 e. The Hall–Kier alpha value is -3.12. The van der Waals surface area contributed by atoms with Crippen LogP contribution in [-0.2, 0) is 4.79 Å². The molecular formula is C22H23ClN4O2. The zero-order valence-electron chi connectivity index (χ0n) is 16.8. The Morgan fingerprint density at radius 2 is 1.66 bits per heavy atom. The van der Waals surface area contributed by atoms with E-state index in [-0.39, 0.29) is 23.2 Å². The Morgan fingerprint density at radius 1 is 1.03 bits per heavy atom. The summed E-state index contributed by atoms with van der Waals surface area (Å²) >= 11 is 6.40. The highest BCUT2D eigenvalue weighted by molar-refractivity contribution is 6.33. The first kappa shape index (κ1) is 20.6. The highest BCUT2D eigenvalue weighted by Gasteiger charge is 2.21.